The number of guanidine groups is 1. The number of rotatable bonds is 3. The minimum Gasteiger partial charge on any atom is -0.355 e. The Hall–Kier alpha value is -1.31. The van der Waals surface area contributed by atoms with Crippen molar-refractivity contribution >= 4 is 41.5 Å². The molecule has 0 saturated heterocycles. The summed E-state index contributed by atoms with van der Waals surface area (Å²) in [6, 6.07) is 8.37. The highest BCUT2D eigenvalue weighted by Crippen LogP contribution is 2.27. The largest absolute Gasteiger partial charge is 0.355 e. The maximum absolute atomic E-state index is 10.8. The quantitative estimate of drug-likeness (QED) is 0.356. The van der Waals surface area contributed by atoms with Crippen LogP contribution in [0.4, 0.5) is 5.69 Å². The van der Waals surface area contributed by atoms with Crippen LogP contribution >= 0.6 is 24.0 Å². The lowest BCUT2D eigenvalue weighted by Crippen LogP contribution is -2.43. The fraction of sp³-hybridized carbons (Fsp3) is 0.429. The summed E-state index contributed by atoms with van der Waals surface area (Å²) >= 11 is 0. The van der Waals surface area contributed by atoms with Crippen molar-refractivity contribution in [3.63, 3.8) is 0 Å². The Bertz CT molecular complexity index is 490. The first-order valence-electron chi connectivity index (χ1n) is 6.53. The number of carbonyl (C=O) groups is 1. The van der Waals surface area contributed by atoms with Crippen LogP contribution in [0.5, 0.6) is 0 Å². The van der Waals surface area contributed by atoms with E-state index in [1.54, 1.807) is 7.05 Å². The van der Waals surface area contributed by atoms with Crippen LogP contribution < -0.4 is 15.5 Å². The van der Waals surface area contributed by atoms with Gasteiger partial charge in [0.25, 0.3) is 0 Å². The van der Waals surface area contributed by atoms with Crippen LogP contribution in [0.2, 0.25) is 0 Å². The summed E-state index contributed by atoms with van der Waals surface area (Å²) in [4.78, 5) is 17.3. The van der Waals surface area contributed by atoms with Crippen LogP contribution in [0.1, 0.15) is 12.5 Å². The van der Waals surface area contributed by atoms with E-state index in [4.69, 9.17) is 0 Å². The molecular weight excluding hydrogens is 367 g/mol. The zero-order valence-corrected chi connectivity index (χ0v) is 14.2. The molecule has 0 fully saturated rings. The second-order valence-electron chi connectivity index (χ2n) is 4.49. The SMILES string of the molecule is CN=C(NCCNC(C)=O)N1CCc2ccccc21.I. The normalized spacial score (nSPS) is 13.5. The van der Waals surface area contributed by atoms with E-state index < -0.39 is 0 Å². The smallest absolute Gasteiger partial charge is 0.216 e. The van der Waals surface area contributed by atoms with E-state index >= 15 is 0 Å². The van der Waals surface area contributed by atoms with E-state index in [1.807, 2.05) is 6.07 Å². The van der Waals surface area contributed by atoms with Crippen LogP contribution in [0, 0.1) is 0 Å². The Morgan fingerprint density at radius 2 is 2.00 bits per heavy atom. The summed E-state index contributed by atoms with van der Waals surface area (Å²) in [7, 11) is 1.78. The van der Waals surface area contributed by atoms with Gasteiger partial charge in [-0.05, 0) is 18.1 Å². The van der Waals surface area contributed by atoms with Gasteiger partial charge in [-0.25, -0.2) is 0 Å². The number of hydrogen-bond donors (Lipinski definition) is 2. The molecule has 1 aromatic carbocycles. The van der Waals surface area contributed by atoms with Gasteiger partial charge in [-0.3, -0.25) is 9.79 Å². The number of halogens is 1. The Kier molecular flexibility index (Phi) is 6.77. The fourth-order valence-electron chi connectivity index (χ4n) is 2.27. The molecule has 0 aliphatic carbocycles. The van der Waals surface area contributed by atoms with Crippen molar-refractivity contribution in [2.45, 2.75) is 13.3 Å². The van der Waals surface area contributed by atoms with Crippen LogP contribution in [0.25, 0.3) is 0 Å². The average Bonchev–Trinajstić information content (AvgIpc) is 2.83. The first-order chi connectivity index (χ1) is 9.22. The van der Waals surface area contributed by atoms with E-state index in [9.17, 15) is 4.79 Å². The number of aliphatic imine (C=N–C) groups is 1. The van der Waals surface area contributed by atoms with E-state index in [1.165, 1.54) is 18.2 Å². The molecule has 1 aliphatic heterocycles. The number of fused-ring (bicyclic) bond motifs is 1. The lowest BCUT2D eigenvalue weighted by Gasteiger charge is -2.22. The highest BCUT2D eigenvalue weighted by Gasteiger charge is 2.21. The molecule has 0 spiro atoms. The second-order valence-corrected chi connectivity index (χ2v) is 4.49. The number of anilines is 1. The van der Waals surface area contributed by atoms with Gasteiger partial charge in [0.2, 0.25) is 5.91 Å². The Morgan fingerprint density at radius 3 is 2.70 bits per heavy atom. The summed E-state index contributed by atoms with van der Waals surface area (Å²) < 4.78 is 0. The monoisotopic (exact) mass is 388 g/mol. The molecule has 0 bridgehead atoms. The summed E-state index contributed by atoms with van der Waals surface area (Å²) in [6.07, 6.45) is 1.04. The molecule has 20 heavy (non-hydrogen) atoms. The molecule has 1 aliphatic rings. The van der Waals surface area contributed by atoms with E-state index in [0.29, 0.717) is 13.1 Å². The second kappa shape index (κ2) is 8.08. The van der Waals surface area contributed by atoms with Crippen LogP contribution in [-0.4, -0.2) is 38.5 Å². The van der Waals surface area contributed by atoms with Crippen LogP contribution in [-0.2, 0) is 11.2 Å². The molecule has 0 aromatic heterocycles. The number of amides is 1. The molecule has 0 saturated carbocycles. The van der Waals surface area contributed by atoms with Gasteiger partial charge in [0.05, 0.1) is 0 Å². The molecule has 1 aromatic rings. The number of benzene rings is 1. The van der Waals surface area contributed by atoms with Crippen molar-refractivity contribution < 1.29 is 4.79 Å². The van der Waals surface area contributed by atoms with Crippen molar-refractivity contribution in [3.05, 3.63) is 29.8 Å². The molecule has 1 heterocycles. The first-order valence-corrected chi connectivity index (χ1v) is 6.53. The standard InChI is InChI=1S/C14H20N4O.HI/c1-11(19)16-8-9-17-14(15-2)18-10-7-12-5-3-4-6-13(12)18;/h3-6H,7-10H2,1-2H3,(H,15,17)(H,16,19);1H. The molecule has 2 N–H and O–H groups in total. The zero-order valence-electron chi connectivity index (χ0n) is 11.8. The number of nitrogens with zero attached hydrogens (tertiary/aromatic N) is 2. The molecular formula is C14H21IN4O. The van der Waals surface area contributed by atoms with Gasteiger partial charge < -0.3 is 15.5 Å². The Balaban J connectivity index is 0.00000200. The average molecular weight is 388 g/mol. The number of para-hydroxylation sites is 1. The van der Waals surface area contributed by atoms with Gasteiger partial charge in [0.15, 0.2) is 5.96 Å². The van der Waals surface area contributed by atoms with Crippen LogP contribution in [0.3, 0.4) is 0 Å². The third-order valence-electron chi connectivity index (χ3n) is 3.14. The molecule has 2 rings (SSSR count). The van der Waals surface area contributed by atoms with E-state index in [-0.39, 0.29) is 29.9 Å². The molecule has 110 valence electrons. The highest BCUT2D eigenvalue weighted by atomic mass is 127. The maximum atomic E-state index is 10.8. The third-order valence-corrected chi connectivity index (χ3v) is 3.14. The Labute approximate surface area is 136 Å². The molecule has 5 nitrogen and oxygen atoms in total. The number of nitrogens with one attached hydrogen (secondary N) is 2. The predicted molar refractivity (Wildman–Crippen MR) is 93.0 cm³/mol. The predicted octanol–water partition coefficient (Wildman–Crippen LogP) is 1.38. The number of hydrogen-bond acceptors (Lipinski definition) is 2. The molecule has 0 radical (unpaired) electrons. The van der Waals surface area contributed by atoms with Gasteiger partial charge in [-0.1, -0.05) is 18.2 Å². The van der Waals surface area contributed by atoms with E-state index in [0.717, 1.165) is 18.9 Å². The third kappa shape index (κ3) is 4.09. The van der Waals surface area contributed by atoms with Crippen LogP contribution in [0.15, 0.2) is 29.3 Å². The van der Waals surface area contributed by atoms with E-state index in [2.05, 4.69) is 38.7 Å². The van der Waals surface area contributed by atoms with Gasteiger partial charge in [-0.15, -0.1) is 24.0 Å². The summed E-state index contributed by atoms with van der Waals surface area (Å²) in [5, 5.41) is 6.03. The Morgan fingerprint density at radius 1 is 1.30 bits per heavy atom. The minimum atomic E-state index is -0.0108. The van der Waals surface area contributed by atoms with Crippen molar-refractivity contribution in [3.8, 4) is 0 Å². The molecule has 1 amide bonds. The molecule has 6 heteroatoms. The first kappa shape index (κ1) is 16.7. The minimum absolute atomic E-state index is 0. The van der Waals surface area contributed by atoms with Gasteiger partial charge >= 0.3 is 0 Å². The zero-order chi connectivity index (χ0) is 13.7. The van der Waals surface area contributed by atoms with Gasteiger partial charge in [0, 0.05) is 39.3 Å². The maximum Gasteiger partial charge on any atom is 0.216 e. The summed E-state index contributed by atoms with van der Waals surface area (Å²) in [5.41, 5.74) is 2.57. The lowest BCUT2D eigenvalue weighted by atomic mass is 10.2. The van der Waals surface area contributed by atoms with Crippen molar-refractivity contribution in [1.82, 2.24) is 10.6 Å². The van der Waals surface area contributed by atoms with Crippen molar-refractivity contribution in [2.24, 2.45) is 4.99 Å². The van der Waals surface area contributed by atoms with Crippen molar-refractivity contribution in [1.29, 1.82) is 0 Å². The van der Waals surface area contributed by atoms with Crippen molar-refractivity contribution in [2.75, 3.05) is 31.6 Å². The lowest BCUT2D eigenvalue weighted by molar-refractivity contribution is -0.118. The summed E-state index contributed by atoms with van der Waals surface area (Å²) in [6.45, 7) is 3.74. The molecule has 0 unspecified atom stereocenters. The molecule has 0 atom stereocenters. The van der Waals surface area contributed by atoms with Gasteiger partial charge in [0.1, 0.15) is 0 Å². The highest BCUT2D eigenvalue weighted by molar-refractivity contribution is 14.0. The summed E-state index contributed by atoms with van der Waals surface area (Å²) in [5.74, 6) is 0.846. The number of carbonyl (C=O) groups excluding carboxylic acids is 1. The fourth-order valence-corrected chi connectivity index (χ4v) is 2.27. The van der Waals surface area contributed by atoms with Gasteiger partial charge in [-0.2, -0.15) is 0 Å². The topological polar surface area (TPSA) is 56.7 Å².